The summed E-state index contributed by atoms with van der Waals surface area (Å²) >= 11 is 1.17. The number of nitriles is 2. The zero-order chi connectivity index (χ0) is 19.1. The molecule has 0 atom stereocenters. The van der Waals surface area contributed by atoms with Crippen molar-refractivity contribution >= 4 is 29.2 Å². The lowest BCUT2D eigenvalue weighted by Gasteiger charge is -2.12. The molecule has 0 radical (unpaired) electrons. The Morgan fingerprint density at radius 1 is 1.23 bits per heavy atom. The van der Waals surface area contributed by atoms with Crippen molar-refractivity contribution in [3.05, 3.63) is 47.0 Å². The lowest BCUT2D eigenvalue weighted by atomic mass is 10.2. The number of pyridine rings is 1. The average molecular weight is 367 g/mol. The van der Waals surface area contributed by atoms with Crippen LogP contribution in [0.3, 0.4) is 0 Å². The molecular formula is C18H19N6OS+. The third-order valence-electron chi connectivity index (χ3n) is 3.60. The van der Waals surface area contributed by atoms with Gasteiger partial charge < -0.3 is 10.2 Å². The molecule has 0 unspecified atom stereocenters. The Morgan fingerprint density at radius 3 is 2.46 bits per heavy atom. The predicted molar refractivity (Wildman–Crippen MR) is 100 cm³/mol. The van der Waals surface area contributed by atoms with Crippen LogP contribution in [0.4, 0.5) is 11.5 Å². The van der Waals surface area contributed by atoms with E-state index in [2.05, 4.69) is 10.3 Å². The number of thioether (sulfide) groups is 1. The standard InChI is InChI=1S/C18H18N6OS/c1-24(2)15-5-3-12(4-6-15)10-22-16(25)11-26-18-14(9-20)7-13(8-19)17(21)23-18/h3-7H,10-11H2,1-2H3,(H2,21,23)(H,22,25)/p+1. The Bertz CT molecular complexity index is 880. The van der Waals surface area contributed by atoms with Gasteiger partial charge in [0, 0.05) is 26.3 Å². The summed E-state index contributed by atoms with van der Waals surface area (Å²) in [5.41, 5.74) is 8.31. The number of H-pyrrole nitrogens is 1. The number of rotatable bonds is 6. The first-order chi connectivity index (χ1) is 12.4. The molecule has 8 heteroatoms. The zero-order valence-electron chi connectivity index (χ0n) is 14.5. The number of aromatic nitrogens is 1. The maximum atomic E-state index is 12.1. The van der Waals surface area contributed by atoms with Crippen LogP contribution in [0.1, 0.15) is 16.7 Å². The van der Waals surface area contributed by atoms with Gasteiger partial charge in [0.15, 0.2) is 5.03 Å². The minimum absolute atomic E-state index is 0.131. The van der Waals surface area contributed by atoms with Crippen molar-refractivity contribution in [2.24, 2.45) is 0 Å². The Hall–Kier alpha value is -3.23. The van der Waals surface area contributed by atoms with Crippen LogP contribution in [0.5, 0.6) is 0 Å². The fourth-order valence-electron chi connectivity index (χ4n) is 2.14. The summed E-state index contributed by atoms with van der Waals surface area (Å²) in [7, 11) is 3.94. The number of benzene rings is 1. The number of aromatic amines is 1. The number of anilines is 2. The molecule has 1 heterocycles. The highest BCUT2D eigenvalue weighted by Gasteiger charge is 2.15. The van der Waals surface area contributed by atoms with Gasteiger partial charge in [-0.05, 0) is 23.8 Å². The summed E-state index contributed by atoms with van der Waals surface area (Å²) in [5, 5.41) is 21.4. The molecule has 2 rings (SSSR count). The van der Waals surface area contributed by atoms with E-state index in [1.54, 1.807) is 0 Å². The predicted octanol–water partition coefficient (Wildman–Crippen LogP) is 1.30. The molecular weight excluding hydrogens is 348 g/mol. The smallest absolute Gasteiger partial charge is 0.289 e. The molecule has 0 aliphatic carbocycles. The van der Waals surface area contributed by atoms with Gasteiger partial charge in [-0.15, -0.1) is 0 Å². The van der Waals surface area contributed by atoms with Gasteiger partial charge in [-0.3, -0.25) is 10.5 Å². The number of carbonyl (C=O) groups excluding carboxylic acids is 1. The SMILES string of the molecule is CN(C)c1ccc(CNC(=O)CSc2[nH+]c(N)c(C#N)cc2C#N)cc1. The molecule has 4 N–H and O–H groups in total. The first kappa shape index (κ1) is 19.1. The van der Waals surface area contributed by atoms with Gasteiger partial charge in [0.2, 0.25) is 5.91 Å². The van der Waals surface area contributed by atoms with E-state index >= 15 is 0 Å². The molecule has 0 fully saturated rings. The largest absolute Gasteiger partial charge is 0.378 e. The maximum Gasteiger partial charge on any atom is 0.289 e. The molecule has 0 aliphatic heterocycles. The molecule has 0 bridgehead atoms. The summed E-state index contributed by atoms with van der Waals surface area (Å²) in [4.78, 5) is 16.9. The van der Waals surface area contributed by atoms with Gasteiger partial charge in [0.1, 0.15) is 23.3 Å². The van der Waals surface area contributed by atoms with Crippen molar-refractivity contribution in [1.82, 2.24) is 5.32 Å². The molecule has 1 aromatic heterocycles. The number of nitrogen functional groups attached to an aromatic ring is 1. The van der Waals surface area contributed by atoms with E-state index in [0.717, 1.165) is 11.3 Å². The van der Waals surface area contributed by atoms with Crippen LogP contribution in [0.25, 0.3) is 0 Å². The molecule has 2 aromatic rings. The van der Waals surface area contributed by atoms with Crippen LogP contribution in [0.2, 0.25) is 0 Å². The topological polar surface area (TPSA) is 120 Å². The van der Waals surface area contributed by atoms with Crippen molar-refractivity contribution < 1.29 is 9.78 Å². The van der Waals surface area contributed by atoms with Crippen LogP contribution in [-0.4, -0.2) is 25.8 Å². The van der Waals surface area contributed by atoms with E-state index in [4.69, 9.17) is 11.0 Å². The molecule has 1 amide bonds. The zero-order valence-corrected chi connectivity index (χ0v) is 15.4. The van der Waals surface area contributed by atoms with Crippen molar-refractivity contribution in [3.63, 3.8) is 0 Å². The Balaban J connectivity index is 1.92. The van der Waals surface area contributed by atoms with E-state index in [9.17, 15) is 10.1 Å². The van der Waals surface area contributed by atoms with Gasteiger partial charge in [-0.25, -0.2) is 4.98 Å². The maximum absolute atomic E-state index is 12.1. The van der Waals surface area contributed by atoms with Crippen LogP contribution in [0.15, 0.2) is 35.4 Å². The second-order valence-electron chi connectivity index (χ2n) is 5.69. The lowest BCUT2D eigenvalue weighted by Crippen LogP contribution is -2.25. The first-order valence-corrected chi connectivity index (χ1v) is 8.75. The van der Waals surface area contributed by atoms with Crippen LogP contribution in [-0.2, 0) is 11.3 Å². The average Bonchev–Trinajstić information content (AvgIpc) is 2.65. The van der Waals surface area contributed by atoms with E-state index in [0.29, 0.717) is 11.6 Å². The fourth-order valence-corrected chi connectivity index (χ4v) is 2.96. The normalized spacial score (nSPS) is 9.85. The van der Waals surface area contributed by atoms with E-state index in [1.165, 1.54) is 17.8 Å². The second kappa shape index (κ2) is 8.75. The van der Waals surface area contributed by atoms with Gasteiger partial charge in [0.25, 0.3) is 5.82 Å². The van der Waals surface area contributed by atoms with Gasteiger partial charge in [-0.1, -0.05) is 23.9 Å². The van der Waals surface area contributed by atoms with Crippen LogP contribution >= 0.6 is 11.8 Å². The monoisotopic (exact) mass is 367 g/mol. The Morgan fingerprint density at radius 2 is 1.88 bits per heavy atom. The number of amides is 1. The van der Waals surface area contributed by atoms with Crippen LogP contribution in [0, 0.1) is 22.7 Å². The van der Waals surface area contributed by atoms with E-state index in [1.807, 2.05) is 55.4 Å². The van der Waals surface area contributed by atoms with Gasteiger partial charge in [-0.2, -0.15) is 10.5 Å². The highest BCUT2D eigenvalue weighted by atomic mass is 32.2. The van der Waals surface area contributed by atoms with Crippen molar-refractivity contribution in [2.45, 2.75) is 11.6 Å². The highest BCUT2D eigenvalue weighted by molar-refractivity contribution is 7.99. The summed E-state index contributed by atoms with van der Waals surface area (Å²) in [6.07, 6.45) is 0. The molecule has 26 heavy (non-hydrogen) atoms. The number of hydrogen-bond acceptors (Lipinski definition) is 6. The second-order valence-corrected chi connectivity index (χ2v) is 6.67. The highest BCUT2D eigenvalue weighted by Crippen LogP contribution is 2.20. The minimum atomic E-state index is -0.160. The third-order valence-corrected chi connectivity index (χ3v) is 4.62. The van der Waals surface area contributed by atoms with Crippen molar-refractivity contribution in [2.75, 3.05) is 30.5 Å². The molecule has 1 aromatic carbocycles. The van der Waals surface area contributed by atoms with E-state index in [-0.39, 0.29) is 28.6 Å². The molecule has 7 nitrogen and oxygen atoms in total. The minimum Gasteiger partial charge on any atom is -0.378 e. The molecule has 0 spiro atoms. The number of nitrogens with zero attached hydrogens (tertiary/aromatic N) is 3. The van der Waals surface area contributed by atoms with Gasteiger partial charge in [0.05, 0.1) is 5.75 Å². The Kier molecular flexibility index (Phi) is 6.42. The number of nitrogens with two attached hydrogens (primary N) is 1. The van der Waals surface area contributed by atoms with Crippen molar-refractivity contribution in [3.8, 4) is 12.1 Å². The number of carbonyl (C=O) groups is 1. The number of nitrogens with one attached hydrogen (secondary N) is 2. The fraction of sp³-hybridized carbons (Fsp3) is 0.222. The quantitative estimate of drug-likeness (QED) is 0.743. The summed E-state index contributed by atoms with van der Waals surface area (Å²) in [6.45, 7) is 0.428. The summed E-state index contributed by atoms with van der Waals surface area (Å²) in [5.74, 6) is 0.147. The molecule has 0 aliphatic rings. The number of hydrogen-bond donors (Lipinski definition) is 2. The molecule has 132 valence electrons. The third kappa shape index (κ3) is 4.88. The van der Waals surface area contributed by atoms with Crippen molar-refractivity contribution in [1.29, 1.82) is 10.5 Å². The lowest BCUT2D eigenvalue weighted by molar-refractivity contribution is -0.410. The Labute approximate surface area is 156 Å². The van der Waals surface area contributed by atoms with Crippen LogP contribution < -0.4 is 20.9 Å². The summed E-state index contributed by atoms with van der Waals surface area (Å²) < 4.78 is 0. The summed E-state index contributed by atoms with van der Waals surface area (Å²) in [6, 6.07) is 13.2. The molecule has 0 saturated heterocycles. The van der Waals surface area contributed by atoms with E-state index < -0.39 is 0 Å². The van der Waals surface area contributed by atoms with Gasteiger partial charge >= 0.3 is 0 Å². The molecule has 0 saturated carbocycles. The first-order valence-electron chi connectivity index (χ1n) is 7.76.